The first-order chi connectivity index (χ1) is 9.20. The summed E-state index contributed by atoms with van der Waals surface area (Å²) in [4.78, 5) is 2.36. The molecule has 0 amide bonds. The smallest absolute Gasteiger partial charge is 0.0411 e. The fourth-order valence-electron chi connectivity index (χ4n) is 1.97. The Balaban J connectivity index is 2.29. The van der Waals surface area contributed by atoms with Gasteiger partial charge in [-0.3, -0.25) is 0 Å². The highest BCUT2D eigenvalue weighted by Gasteiger charge is 2.08. The van der Waals surface area contributed by atoms with E-state index in [4.69, 9.17) is 0 Å². The summed E-state index contributed by atoms with van der Waals surface area (Å²) in [6.45, 7) is 3.26. The Morgan fingerprint density at radius 3 is 1.58 bits per heavy atom. The van der Waals surface area contributed by atoms with Gasteiger partial charge in [0.15, 0.2) is 0 Å². The minimum atomic E-state index is 1.04. The molecule has 19 heavy (non-hydrogen) atoms. The lowest BCUT2D eigenvalue weighted by atomic mass is 10.2. The molecule has 0 N–H and O–H groups in total. The first-order valence-corrected chi connectivity index (χ1v) is 8.08. The van der Waals surface area contributed by atoms with Crippen LogP contribution in [0.25, 0.3) is 0 Å². The fraction of sp³-hybridized carbons (Fsp3) is 0.250. The molecule has 0 saturated heterocycles. The van der Waals surface area contributed by atoms with Crippen molar-refractivity contribution in [3.63, 3.8) is 0 Å². The van der Waals surface area contributed by atoms with Crippen molar-refractivity contribution in [2.24, 2.45) is 0 Å². The molecule has 2 aromatic carbocycles. The van der Waals surface area contributed by atoms with Gasteiger partial charge in [-0.25, -0.2) is 0 Å². The zero-order valence-corrected chi connectivity index (χ0v) is 14.1. The number of unbranched alkanes of at least 4 members (excludes halogenated alkanes) is 1. The van der Waals surface area contributed by atoms with E-state index >= 15 is 0 Å². The Morgan fingerprint density at radius 1 is 0.789 bits per heavy atom. The van der Waals surface area contributed by atoms with E-state index in [0.29, 0.717) is 0 Å². The zero-order chi connectivity index (χ0) is 13.7. The molecule has 0 heterocycles. The van der Waals surface area contributed by atoms with Gasteiger partial charge in [0.25, 0.3) is 0 Å². The van der Waals surface area contributed by atoms with Gasteiger partial charge in [0.2, 0.25) is 0 Å². The predicted molar refractivity (Wildman–Crippen MR) is 90.2 cm³/mol. The van der Waals surface area contributed by atoms with Crippen LogP contribution in [-0.2, 0) is 0 Å². The van der Waals surface area contributed by atoms with E-state index in [2.05, 4.69) is 92.2 Å². The number of benzene rings is 2. The van der Waals surface area contributed by atoms with Crippen molar-refractivity contribution in [1.29, 1.82) is 0 Å². The Morgan fingerprint density at radius 2 is 1.21 bits per heavy atom. The Bertz CT molecular complexity index is 460. The van der Waals surface area contributed by atoms with Crippen LogP contribution in [-0.4, -0.2) is 6.54 Å². The lowest BCUT2D eigenvalue weighted by Gasteiger charge is -2.25. The number of halogens is 2. The van der Waals surface area contributed by atoms with Crippen molar-refractivity contribution < 1.29 is 0 Å². The van der Waals surface area contributed by atoms with Crippen LogP contribution in [0.3, 0.4) is 0 Å². The number of nitrogens with zero attached hydrogens (tertiary/aromatic N) is 1. The normalized spacial score (nSPS) is 10.5. The van der Waals surface area contributed by atoms with Gasteiger partial charge in [-0.15, -0.1) is 0 Å². The minimum Gasteiger partial charge on any atom is -0.341 e. The summed E-state index contributed by atoms with van der Waals surface area (Å²) in [5, 5.41) is 0. The van der Waals surface area contributed by atoms with E-state index in [1.807, 2.05) is 0 Å². The Labute approximate surface area is 131 Å². The second-order valence-corrected chi connectivity index (χ2v) is 6.29. The predicted octanol–water partition coefficient (Wildman–Crippen LogP) is 6.15. The van der Waals surface area contributed by atoms with Gasteiger partial charge < -0.3 is 4.90 Å². The lowest BCUT2D eigenvalue weighted by Crippen LogP contribution is -2.18. The number of hydrogen-bond donors (Lipinski definition) is 0. The van der Waals surface area contributed by atoms with Crippen LogP contribution in [0.5, 0.6) is 0 Å². The number of anilines is 2. The highest BCUT2D eigenvalue weighted by molar-refractivity contribution is 9.10. The van der Waals surface area contributed by atoms with Crippen molar-refractivity contribution in [3.8, 4) is 0 Å². The monoisotopic (exact) mass is 381 g/mol. The van der Waals surface area contributed by atoms with Gasteiger partial charge in [-0.2, -0.15) is 0 Å². The number of rotatable bonds is 5. The standard InChI is InChI=1S/C16H17Br2N/c1-2-3-12-19(15-8-4-13(17)5-9-15)16-10-6-14(18)7-11-16/h4-11H,2-3,12H2,1H3. The van der Waals surface area contributed by atoms with Gasteiger partial charge in [-0.1, -0.05) is 45.2 Å². The van der Waals surface area contributed by atoms with Crippen LogP contribution in [0.1, 0.15) is 19.8 Å². The summed E-state index contributed by atoms with van der Waals surface area (Å²) in [6.07, 6.45) is 2.38. The average molecular weight is 383 g/mol. The Hall–Kier alpha value is -0.800. The molecule has 0 radical (unpaired) electrons. The highest BCUT2D eigenvalue weighted by atomic mass is 79.9. The van der Waals surface area contributed by atoms with Crippen molar-refractivity contribution in [2.75, 3.05) is 11.4 Å². The molecule has 0 aromatic heterocycles. The van der Waals surface area contributed by atoms with Gasteiger partial charge >= 0.3 is 0 Å². The first kappa shape index (κ1) is 14.6. The van der Waals surface area contributed by atoms with Crippen molar-refractivity contribution in [1.82, 2.24) is 0 Å². The minimum absolute atomic E-state index is 1.04. The van der Waals surface area contributed by atoms with Crippen LogP contribution < -0.4 is 4.90 Å². The Kier molecular flexibility index (Phi) is 5.46. The third-order valence-corrected chi connectivity index (χ3v) is 4.07. The zero-order valence-electron chi connectivity index (χ0n) is 10.9. The molecular formula is C16H17Br2N. The van der Waals surface area contributed by atoms with Crippen LogP contribution in [0.15, 0.2) is 57.5 Å². The first-order valence-electron chi connectivity index (χ1n) is 6.49. The third-order valence-electron chi connectivity index (χ3n) is 3.01. The van der Waals surface area contributed by atoms with Crippen molar-refractivity contribution in [2.45, 2.75) is 19.8 Å². The fourth-order valence-corrected chi connectivity index (χ4v) is 2.49. The van der Waals surface area contributed by atoms with E-state index in [0.717, 1.165) is 15.5 Å². The number of hydrogen-bond acceptors (Lipinski definition) is 1. The molecule has 100 valence electrons. The molecule has 0 aliphatic heterocycles. The van der Waals surface area contributed by atoms with Gasteiger partial charge in [0.1, 0.15) is 0 Å². The summed E-state index contributed by atoms with van der Waals surface area (Å²) in [5.74, 6) is 0. The molecule has 0 fully saturated rings. The van der Waals surface area contributed by atoms with Gasteiger partial charge in [-0.05, 0) is 55.0 Å². The molecule has 3 heteroatoms. The second-order valence-electron chi connectivity index (χ2n) is 4.46. The van der Waals surface area contributed by atoms with E-state index < -0.39 is 0 Å². The highest BCUT2D eigenvalue weighted by Crippen LogP contribution is 2.28. The molecule has 1 nitrogen and oxygen atoms in total. The van der Waals surface area contributed by atoms with E-state index in [1.165, 1.54) is 24.2 Å². The van der Waals surface area contributed by atoms with Crippen LogP contribution in [0.2, 0.25) is 0 Å². The summed E-state index contributed by atoms with van der Waals surface area (Å²) >= 11 is 6.98. The quantitative estimate of drug-likeness (QED) is 0.599. The SMILES string of the molecule is CCCCN(c1ccc(Br)cc1)c1ccc(Br)cc1. The van der Waals surface area contributed by atoms with E-state index in [9.17, 15) is 0 Å². The third kappa shape index (κ3) is 4.08. The van der Waals surface area contributed by atoms with Gasteiger partial charge in [0, 0.05) is 26.9 Å². The van der Waals surface area contributed by atoms with Crippen molar-refractivity contribution in [3.05, 3.63) is 57.5 Å². The summed E-state index contributed by atoms with van der Waals surface area (Å²) in [6, 6.07) is 17.0. The molecule has 0 unspecified atom stereocenters. The van der Waals surface area contributed by atoms with Gasteiger partial charge in [0.05, 0.1) is 0 Å². The summed E-state index contributed by atoms with van der Waals surface area (Å²) in [5.41, 5.74) is 2.47. The van der Waals surface area contributed by atoms with E-state index in [1.54, 1.807) is 0 Å². The molecule has 0 aliphatic rings. The maximum absolute atomic E-state index is 3.49. The second kappa shape index (κ2) is 7.11. The summed E-state index contributed by atoms with van der Waals surface area (Å²) in [7, 11) is 0. The van der Waals surface area contributed by atoms with E-state index in [-0.39, 0.29) is 0 Å². The average Bonchev–Trinajstić information content (AvgIpc) is 2.43. The lowest BCUT2D eigenvalue weighted by molar-refractivity contribution is 0.786. The molecular weight excluding hydrogens is 366 g/mol. The molecule has 0 bridgehead atoms. The van der Waals surface area contributed by atoms with Crippen molar-refractivity contribution >= 4 is 43.2 Å². The molecule has 0 aliphatic carbocycles. The molecule has 2 rings (SSSR count). The van der Waals surface area contributed by atoms with Crippen LogP contribution in [0.4, 0.5) is 11.4 Å². The van der Waals surface area contributed by atoms with Crippen LogP contribution >= 0.6 is 31.9 Å². The summed E-state index contributed by atoms with van der Waals surface area (Å²) < 4.78 is 2.23. The maximum Gasteiger partial charge on any atom is 0.0411 e. The maximum atomic E-state index is 3.49. The topological polar surface area (TPSA) is 3.24 Å². The largest absolute Gasteiger partial charge is 0.341 e. The molecule has 0 atom stereocenters. The molecule has 2 aromatic rings. The molecule has 0 saturated carbocycles. The van der Waals surface area contributed by atoms with Crippen LogP contribution in [0, 0.1) is 0 Å². The molecule has 0 spiro atoms.